The number of ether oxygens (including phenoxy) is 1. The van der Waals surface area contributed by atoms with Gasteiger partial charge in [-0.15, -0.1) is 0 Å². The van der Waals surface area contributed by atoms with Crippen LogP contribution in [0.4, 0.5) is 0 Å². The molecule has 0 fully saturated rings. The Balaban J connectivity index is 2.12. The van der Waals surface area contributed by atoms with Gasteiger partial charge >= 0.3 is 0 Å². The lowest BCUT2D eigenvalue weighted by atomic mass is 10.0. The fourth-order valence-electron chi connectivity index (χ4n) is 2.57. The number of rotatable bonds is 7. The first-order chi connectivity index (χ1) is 10.6. The van der Waals surface area contributed by atoms with E-state index in [4.69, 9.17) is 9.84 Å². The van der Waals surface area contributed by atoms with Crippen LogP contribution in [0.25, 0.3) is 10.8 Å². The minimum Gasteiger partial charge on any atom is -0.497 e. The average Bonchev–Trinajstić information content (AvgIpc) is 2.52. The van der Waals surface area contributed by atoms with E-state index in [1.54, 1.807) is 7.11 Å². The minimum absolute atomic E-state index is 0.000703. The highest BCUT2D eigenvalue weighted by atomic mass is 16.5. The average molecular weight is 301 g/mol. The van der Waals surface area contributed by atoms with E-state index in [1.807, 2.05) is 43.3 Å². The molecule has 1 amide bonds. The summed E-state index contributed by atoms with van der Waals surface area (Å²) >= 11 is 0. The van der Waals surface area contributed by atoms with Crippen molar-refractivity contribution in [3.8, 4) is 5.75 Å². The molecule has 0 aliphatic heterocycles. The number of benzene rings is 2. The second kappa shape index (κ2) is 7.80. The van der Waals surface area contributed by atoms with Crippen molar-refractivity contribution in [2.75, 3.05) is 13.7 Å². The zero-order valence-electron chi connectivity index (χ0n) is 13.1. The zero-order chi connectivity index (χ0) is 15.9. The summed E-state index contributed by atoms with van der Waals surface area (Å²) in [5, 5.41) is 13.9. The van der Waals surface area contributed by atoms with Crippen molar-refractivity contribution in [3.05, 3.63) is 42.0 Å². The van der Waals surface area contributed by atoms with Crippen molar-refractivity contribution < 1.29 is 14.6 Å². The van der Waals surface area contributed by atoms with Crippen LogP contribution in [0, 0.1) is 0 Å². The number of hydrogen-bond acceptors (Lipinski definition) is 3. The molecule has 118 valence electrons. The number of amides is 1. The van der Waals surface area contributed by atoms with Crippen LogP contribution < -0.4 is 10.1 Å². The molecule has 0 saturated heterocycles. The molecule has 2 aromatic carbocycles. The molecular formula is C18H23NO3. The van der Waals surface area contributed by atoms with Crippen molar-refractivity contribution in [2.24, 2.45) is 0 Å². The Bertz CT molecular complexity index is 639. The Labute approximate surface area is 131 Å². The third kappa shape index (κ3) is 4.21. The maximum absolute atomic E-state index is 12.2. The van der Waals surface area contributed by atoms with Crippen LogP contribution in [-0.4, -0.2) is 30.8 Å². The fraction of sp³-hybridized carbons (Fsp3) is 0.389. The van der Waals surface area contributed by atoms with Crippen molar-refractivity contribution in [3.63, 3.8) is 0 Å². The summed E-state index contributed by atoms with van der Waals surface area (Å²) in [6.07, 6.45) is 1.83. The summed E-state index contributed by atoms with van der Waals surface area (Å²) in [5.41, 5.74) is 0.989. The predicted octanol–water partition coefficient (Wildman–Crippen LogP) is 2.67. The summed E-state index contributed by atoms with van der Waals surface area (Å²) in [6, 6.07) is 11.9. The third-order valence-electron chi connectivity index (χ3n) is 3.73. The Morgan fingerprint density at radius 3 is 2.86 bits per heavy atom. The first-order valence-electron chi connectivity index (χ1n) is 7.60. The highest BCUT2D eigenvalue weighted by molar-refractivity contribution is 5.91. The molecule has 1 atom stereocenters. The summed E-state index contributed by atoms with van der Waals surface area (Å²) in [5.74, 6) is 0.789. The number of carbonyl (C=O) groups is 1. The van der Waals surface area contributed by atoms with Crippen LogP contribution in [-0.2, 0) is 11.2 Å². The number of carbonyl (C=O) groups excluding carboxylic acids is 1. The molecule has 2 N–H and O–H groups in total. The van der Waals surface area contributed by atoms with Gasteiger partial charge in [0.1, 0.15) is 5.75 Å². The molecule has 4 nitrogen and oxygen atoms in total. The second-order valence-corrected chi connectivity index (χ2v) is 5.52. The number of nitrogens with one attached hydrogen (secondary N) is 1. The monoisotopic (exact) mass is 301 g/mol. The van der Waals surface area contributed by atoms with E-state index in [2.05, 4.69) is 5.32 Å². The lowest BCUT2D eigenvalue weighted by Gasteiger charge is -2.14. The number of methoxy groups -OCH3 is 1. The number of aliphatic hydroxyl groups excluding tert-OH is 1. The van der Waals surface area contributed by atoms with E-state index in [9.17, 15) is 4.79 Å². The van der Waals surface area contributed by atoms with Gasteiger partial charge in [-0.2, -0.15) is 0 Å². The van der Waals surface area contributed by atoms with Crippen LogP contribution in [0.2, 0.25) is 0 Å². The summed E-state index contributed by atoms with van der Waals surface area (Å²) < 4.78 is 5.27. The molecule has 0 bridgehead atoms. The molecule has 0 aromatic heterocycles. The van der Waals surface area contributed by atoms with Gasteiger partial charge in [-0.3, -0.25) is 4.79 Å². The summed E-state index contributed by atoms with van der Waals surface area (Å²) in [7, 11) is 1.64. The van der Waals surface area contributed by atoms with Gasteiger partial charge in [-0.05, 0) is 48.2 Å². The molecule has 2 rings (SSSR count). The molecule has 0 radical (unpaired) electrons. The molecule has 0 heterocycles. The Morgan fingerprint density at radius 1 is 1.32 bits per heavy atom. The predicted molar refractivity (Wildman–Crippen MR) is 88.1 cm³/mol. The van der Waals surface area contributed by atoms with Gasteiger partial charge in [0.15, 0.2) is 0 Å². The summed E-state index contributed by atoms with van der Waals surface area (Å²) in [4.78, 5) is 12.2. The van der Waals surface area contributed by atoms with Crippen LogP contribution in [0.3, 0.4) is 0 Å². The normalized spacial score (nSPS) is 12.1. The fourth-order valence-corrected chi connectivity index (χ4v) is 2.57. The quantitative estimate of drug-likeness (QED) is 0.826. The first-order valence-corrected chi connectivity index (χ1v) is 7.60. The molecule has 0 saturated carbocycles. The lowest BCUT2D eigenvalue weighted by molar-refractivity contribution is -0.121. The second-order valence-electron chi connectivity index (χ2n) is 5.52. The van der Waals surface area contributed by atoms with Gasteiger partial charge in [0.25, 0.3) is 0 Å². The molecule has 22 heavy (non-hydrogen) atoms. The van der Waals surface area contributed by atoms with E-state index in [0.29, 0.717) is 12.8 Å². The number of hydrogen-bond donors (Lipinski definition) is 2. The van der Waals surface area contributed by atoms with Gasteiger partial charge in [0.2, 0.25) is 5.91 Å². The Kier molecular flexibility index (Phi) is 5.78. The van der Waals surface area contributed by atoms with Crippen LogP contribution in [0.1, 0.15) is 25.3 Å². The highest BCUT2D eigenvalue weighted by Gasteiger charge is 2.10. The zero-order valence-corrected chi connectivity index (χ0v) is 13.1. The van der Waals surface area contributed by atoms with E-state index in [-0.39, 0.29) is 18.6 Å². The minimum atomic E-state index is 0.000703. The maximum Gasteiger partial charge on any atom is 0.224 e. The molecule has 0 aliphatic carbocycles. The van der Waals surface area contributed by atoms with E-state index in [1.165, 1.54) is 0 Å². The van der Waals surface area contributed by atoms with Crippen LogP contribution in [0.5, 0.6) is 5.75 Å². The van der Waals surface area contributed by atoms with Crippen molar-refractivity contribution in [2.45, 2.75) is 32.2 Å². The molecule has 1 unspecified atom stereocenters. The smallest absolute Gasteiger partial charge is 0.224 e. The summed E-state index contributed by atoms with van der Waals surface area (Å²) in [6.45, 7) is 2.11. The van der Waals surface area contributed by atoms with E-state index >= 15 is 0 Å². The largest absolute Gasteiger partial charge is 0.497 e. The third-order valence-corrected chi connectivity index (χ3v) is 3.73. The van der Waals surface area contributed by atoms with Gasteiger partial charge < -0.3 is 15.2 Å². The standard InChI is InChI=1S/C18H23NO3/c1-13(5-4-10-20)19-18(21)11-15-7-3-6-14-8-9-16(22-2)12-17(14)15/h3,6-9,12-13,20H,4-5,10-11H2,1-2H3,(H,19,21). The van der Waals surface area contributed by atoms with Crippen molar-refractivity contribution in [1.29, 1.82) is 0 Å². The molecule has 4 heteroatoms. The number of aliphatic hydroxyl groups is 1. The van der Waals surface area contributed by atoms with Crippen LogP contribution in [0.15, 0.2) is 36.4 Å². The van der Waals surface area contributed by atoms with Crippen molar-refractivity contribution in [1.82, 2.24) is 5.32 Å². The molecule has 2 aromatic rings. The molecular weight excluding hydrogens is 278 g/mol. The first kappa shape index (κ1) is 16.3. The van der Waals surface area contributed by atoms with Gasteiger partial charge in [0, 0.05) is 12.6 Å². The van der Waals surface area contributed by atoms with Gasteiger partial charge in [0.05, 0.1) is 13.5 Å². The highest BCUT2D eigenvalue weighted by Crippen LogP contribution is 2.24. The number of fused-ring (bicyclic) bond motifs is 1. The van der Waals surface area contributed by atoms with Gasteiger partial charge in [-0.25, -0.2) is 0 Å². The van der Waals surface area contributed by atoms with E-state index < -0.39 is 0 Å². The van der Waals surface area contributed by atoms with E-state index in [0.717, 1.165) is 28.5 Å². The van der Waals surface area contributed by atoms with Crippen LogP contribution >= 0.6 is 0 Å². The topological polar surface area (TPSA) is 58.6 Å². The maximum atomic E-state index is 12.2. The Morgan fingerprint density at radius 2 is 2.14 bits per heavy atom. The van der Waals surface area contributed by atoms with Gasteiger partial charge in [-0.1, -0.05) is 24.3 Å². The van der Waals surface area contributed by atoms with Crippen molar-refractivity contribution >= 4 is 16.7 Å². The lowest BCUT2D eigenvalue weighted by Crippen LogP contribution is -2.33. The Hall–Kier alpha value is -2.07. The molecule has 0 aliphatic rings. The molecule has 0 spiro atoms. The SMILES string of the molecule is COc1ccc2cccc(CC(=O)NC(C)CCCO)c2c1.